The van der Waals surface area contributed by atoms with E-state index in [9.17, 15) is 18.0 Å². The number of nitrogens with one attached hydrogen (secondary N) is 1. The maximum Gasteiger partial charge on any atom is 0.435 e. The second-order valence-corrected chi connectivity index (χ2v) is 6.95. The molecule has 6 nitrogen and oxygen atoms in total. The van der Waals surface area contributed by atoms with Gasteiger partial charge in [-0.05, 0) is 55.0 Å². The molecule has 0 bridgehead atoms. The van der Waals surface area contributed by atoms with Crippen LogP contribution in [0.3, 0.4) is 0 Å². The summed E-state index contributed by atoms with van der Waals surface area (Å²) in [6.45, 7) is 1.16. The standard InChI is InChI=1S/C22H17F3N4O2/c1-13-2-3-15(18-8-9-26-27-18)10-17(13)19-11-21(22(23,24)25)28-29(19)16-6-4-14(5-7-16)20(31)12-30/h2-11,30H,12H2,1H3,(H,26,27). The van der Waals surface area contributed by atoms with Crippen molar-refractivity contribution in [1.29, 1.82) is 0 Å². The van der Waals surface area contributed by atoms with Crippen molar-refractivity contribution in [1.82, 2.24) is 20.0 Å². The minimum absolute atomic E-state index is 0.257. The molecule has 2 aromatic heterocycles. The molecule has 0 fully saturated rings. The molecule has 4 aromatic rings. The number of halogens is 3. The molecule has 0 saturated carbocycles. The molecule has 31 heavy (non-hydrogen) atoms. The van der Waals surface area contributed by atoms with E-state index in [1.807, 2.05) is 12.1 Å². The van der Waals surface area contributed by atoms with E-state index in [-0.39, 0.29) is 11.3 Å². The highest BCUT2D eigenvalue weighted by Gasteiger charge is 2.35. The highest BCUT2D eigenvalue weighted by molar-refractivity contribution is 5.97. The highest BCUT2D eigenvalue weighted by atomic mass is 19.4. The zero-order valence-corrected chi connectivity index (χ0v) is 16.3. The van der Waals surface area contributed by atoms with Gasteiger partial charge in [-0.25, -0.2) is 4.68 Å². The predicted molar refractivity (Wildman–Crippen MR) is 108 cm³/mol. The molecule has 2 heterocycles. The average molecular weight is 426 g/mol. The lowest BCUT2D eigenvalue weighted by atomic mass is 10.00. The van der Waals surface area contributed by atoms with E-state index in [4.69, 9.17) is 5.11 Å². The van der Waals surface area contributed by atoms with E-state index >= 15 is 0 Å². The van der Waals surface area contributed by atoms with Gasteiger partial charge >= 0.3 is 6.18 Å². The van der Waals surface area contributed by atoms with Crippen LogP contribution in [0.25, 0.3) is 28.2 Å². The zero-order chi connectivity index (χ0) is 22.2. The highest BCUT2D eigenvalue weighted by Crippen LogP contribution is 2.35. The molecule has 0 radical (unpaired) electrons. The molecule has 0 amide bonds. The summed E-state index contributed by atoms with van der Waals surface area (Å²) < 4.78 is 41.6. The van der Waals surface area contributed by atoms with Crippen LogP contribution >= 0.6 is 0 Å². The van der Waals surface area contributed by atoms with Crippen molar-refractivity contribution in [3.63, 3.8) is 0 Å². The first-order valence-electron chi connectivity index (χ1n) is 9.30. The predicted octanol–water partition coefficient (Wildman–Crippen LogP) is 4.43. The summed E-state index contributed by atoms with van der Waals surface area (Å²) in [6, 6.07) is 14.1. The van der Waals surface area contributed by atoms with Gasteiger partial charge < -0.3 is 5.11 Å². The molecule has 0 aliphatic carbocycles. The van der Waals surface area contributed by atoms with E-state index in [1.165, 1.54) is 28.9 Å². The van der Waals surface area contributed by atoms with Crippen molar-refractivity contribution >= 4 is 5.78 Å². The zero-order valence-electron chi connectivity index (χ0n) is 16.3. The largest absolute Gasteiger partial charge is 0.435 e. The fraction of sp³-hybridized carbons (Fsp3) is 0.136. The van der Waals surface area contributed by atoms with Crippen LogP contribution in [0.1, 0.15) is 21.6 Å². The summed E-state index contributed by atoms with van der Waals surface area (Å²) in [6.07, 6.45) is -3.03. The van der Waals surface area contributed by atoms with Gasteiger partial charge in [0.1, 0.15) is 6.61 Å². The molecule has 0 spiro atoms. The fourth-order valence-electron chi connectivity index (χ4n) is 3.27. The maximum atomic E-state index is 13.5. The number of aliphatic hydroxyl groups excluding tert-OH is 1. The summed E-state index contributed by atoms with van der Waals surface area (Å²) in [5.74, 6) is -0.480. The molecular formula is C22H17F3N4O2. The molecule has 4 rings (SSSR count). The lowest BCUT2D eigenvalue weighted by molar-refractivity contribution is -0.141. The molecular weight excluding hydrogens is 409 g/mol. The number of rotatable bonds is 5. The van der Waals surface area contributed by atoms with Crippen LogP contribution in [0.15, 0.2) is 60.8 Å². The number of aromatic amines is 1. The molecule has 158 valence electrons. The van der Waals surface area contributed by atoms with Crippen LogP contribution in [-0.4, -0.2) is 37.5 Å². The van der Waals surface area contributed by atoms with Gasteiger partial charge in [-0.2, -0.15) is 23.4 Å². The van der Waals surface area contributed by atoms with Gasteiger partial charge in [0.25, 0.3) is 0 Å². The Balaban J connectivity index is 1.88. The van der Waals surface area contributed by atoms with Gasteiger partial charge in [-0.1, -0.05) is 12.1 Å². The van der Waals surface area contributed by atoms with Gasteiger partial charge in [0, 0.05) is 22.9 Å². The Kier molecular flexibility index (Phi) is 5.20. The normalized spacial score (nSPS) is 11.6. The number of aryl methyl sites for hydroxylation is 1. The van der Waals surface area contributed by atoms with Crippen LogP contribution in [0.5, 0.6) is 0 Å². The van der Waals surface area contributed by atoms with Crippen LogP contribution in [0, 0.1) is 6.92 Å². The molecule has 0 aliphatic rings. The van der Waals surface area contributed by atoms with Crippen molar-refractivity contribution < 1.29 is 23.1 Å². The monoisotopic (exact) mass is 426 g/mol. The summed E-state index contributed by atoms with van der Waals surface area (Å²) in [7, 11) is 0. The molecule has 2 N–H and O–H groups in total. The lowest BCUT2D eigenvalue weighted by Crippen LogP contribution is -2.08. The fourth-order valence-corrected chi connectivity index (χ4v) is 3.27. The number of hydrogen-bond donors (Lipinski definition) is 2. The first kappa shape index (κ1) is 20.5. The molecule has 0 atom stereocenters. The Hall–Kier alpha value is -3.72. The van der Waals surface area contributed by atoms with Crippen LogP contribution in [0.2, 0.25) is 0 Å². The van der Waals surface area contributed by atoms with Crippen LogP contribution in [-0.2, 0) is 6.18 Å². The van der Waals surface area contributed by atoms with Crippen molar-refractivity contribution in [2.24, 2.45) is 0 Å². The van der Waals surface area contributed by atoms with Crippen LogP contribution < -0.4 is 0 Å². The number of alkyl halides is 3. The number of aromatic nitrogens is 4. The summed E-state index contributed by atoms with van der Waals surface area (Å²) >= 11 is 0. The second kappa shape index (κ2) is 7.84. The van der Waals surface area contributed by atoms with Crippen molar-refractivity contribution in [2.45, 2.75) is 13.1 Å². The average Bonchev–Trinajstić information content (AvgIpc) is 3.44. The molecule has 9 heteroatoms. The SMILES string of the molecule is Cc1ccc(-c2ccn[nH]2)cc1-c1cc(C(F)(F)F)nn1-c1ccc(C(=O)CO)cc1. The first-order chi connectivity index (χ1) is 14.8. The van der Waals surface area contributed by atoms with Crippen LogP contribution in [0.4, 0.5) is 13.2 Å². The number of H-pyrrole nitrogens is 1. The Morgan fingerprint density at radius 1 is 1.10 bits per heavy atom. The Bertz CT molecular complexity index is 1230. The number of aliphatic hydroxyl groups is 1. The lowest BCUT2D eigenvalue weighted by Gasteiger charge is -2.12. The first-order valence-corrected chi connectivity index (χ1v) is 9.30. The summed E-state index contributed by atoms with van der Waals surface area (Å²) in [5.41, 5.74) is 2.69. The number of hydrogen-bond acceptors (Lipinski definition) is 4. The van der Waals surface area contributed by atoms with E-state index < -0.39 is 24.3 Å². The quantitative estimate of drug-likeness (QED) is 0.463. The van der Waals surface area contributed by atoms with E-state index in [0.29, 0.717) is 11.3 Å². The smallest absolute Gasteiger partial charge is 0.388 e. The van der Waals surface area contributed by atoms with Gasteiger partial charge in [-0.3, -0.25) is 9.89 Å². The summed E-state index contributed by atoms with van der Waals surface area (Å²) in [5, 5.41) is 19.6. The number of Topliss-reactive ketones (excluding diaryl/α,β-unsaturated/α-hetero) is 1. The second-order valence-electron chi connectivity index (χ2n) is 6.95. The van der Waals surface area contributed by atoms with Gasteiger partial charge in [0.15, 0.2) is 11.5 Å². The topological polar surface area (TPSA) is 83.8 Å². The van der Waals surface area contributed by atoms with E-state index in [1.54, 1.807) is 25.3 Å². The summed E-state index contributed by atoms with van der Waals surface area (Å²) in [4.78, 5) is 11.7. The molecule has 0 unspecified atom stereocenters. The van der Waals surface area contributed by atoms with E-state index in [0.717, 1.165) is 22.9 Å². The number of carbonyl (C=O) groups is 1. The Morgan fingerprint density at radius 2 is 1.84 bits per heavy atom. The minimum atomic E-state index is -4.62. The number of benzene rings is 2. The number of carbonyl (C=O) groups excluding carboxylic acids is 1. The Morgan fingerprint density at radius 3 is 2.45 bits per heavy atom. The molecule has 0 aliphatic heterocycles. The third-order valence-corrected chi connectivity index (χ3v) is 4.90. The van der Waals surface area contributed by atoms with E-state index in [2.05, 4.69) is 15.3 Å². The van der Waals surface area contributed by atoms with Gasteiger partial charge in [0.05, 0.1) is 17.1 Å². The third kappa shape index (κ3) is 3.99. The van der Waals surface area contributed by atoms with Crippen molar-refractivity contribution in [2.75, 3.05) is 6.61 Å². The minimum Gasteiger partial charge on any atom is -0.388 e. The van der Waals surface area contributed by atoms with Crippen molar-refractivity contribution in [3.05, 3.63) is 77.6 Å². The van der Waals surface area contributed by atoms with Gasteiger partial charge in [-0.15, -0.1) is 0 Å². The van der Waals surface area contributed by atoms with Gasteiger partial charge in [0.2, 0.25) is 0 Å². The number of nitrogens with zero attached hydrogens (tertiary/aromatic N) is 3. The Labute approximate surface area is 175 Å². The maximum absolute atomic E-state index is 13.5. The molecule has 2 aromatic carbocycles. The third-order valence-electron chi connectivity index (χ3n) is 4.90. The number of ketones is 1. The molecule has 0 saturated heterocycles. The van der Waals surface area contributed by atoms with Crippen molar-refractivity contribution in [3.8, 4) is 28.2 Å².